The maximum atomic E-state index is 13.8. The van der Waals surface area contributed by atoms with E-state index >= 15 is 0 Å². The van der Waals surface area contributed by atoms with Crippen LogP contribution in [0.15, 0.2) is 12.7 Å². The van der Waals surface area contributed by atoms with Crippen LogP contribution in [-0.2, 0) is 23.9 Å². The Balaban J connectivity index is 2.28. The fourth-order valence-electron chi connectivity index (χ4n) is 5.07. The molecule has 1 aliphatic carbocycles. The number of rotatable bonds is 9. The lowest BCUT2D eigenvalue weighted by atomic mass is 9.85. The van der Waals surface area contributed by atoms with Crippen LogP contribution in [0.4, 0.5) is 4.79 Å². The third-order valence-electron chi connectivity index (χ3n) is 7.21. The number of ketones is 1. The fourth-order valence-corrected chi connectivity index (χ4v) is 5.07. The molecule has 2 unspecified atom stereocenters. The Labute approximate surface area is 220 Å². The Morgan fingerprint density at radius 1 is 1.08 bits per heavy atom. The second-order valence-corrected chi connectivity index (χ2v) is 12.7. The van der Waals surface area contributed by atoms with Crippen molar-refractivity contribution in [2.75, 3.05) is 13.1 Å². The smallest absolute Gasteiger partial charge is 0.408 e. The Morgan fingerprint density at radius 2 is 1.68 bits per heavy atom. The molecule has 10 nitrogen and oxygen atoms in total. The number of carbonyl (C=O) groups is 5. The average molecular weight is 521 g/mol. The molecule has 2 rings (SSSR count). The highest BCUT2D eigenvalue weighted by Gasteiger charge is 2.69. The Morgan fingerprint density at radius 3 is 2.16 bits per heavy atom. The Hall–Kier alpha value is -2.91. The van der Waals surface area contributed by atoms with E-state index < -0.39 is 52.8 Å². The van der Waals surface area contributed by atoms with Gasteiger partial charge in [0.05, 0.1) is 6.04 Å². The number of carbonyl (C=O) groups excluding carboxylic acids is 5. The monoisotopic (exact) mass is 520 g/mol. The number of alkyl carbamates (subject to hydrolysis) is 1. The van der Waals surface area contributed by atoms with E-state index in [1.807, 2.05) is 20.8 Å². The number of Topliss-reactive ketones (excluding diaryl/α,β-unsaturated/α-hetero) is 1. The summed E-state index contributed by atoms with van der Waals surface area (Å²) in [6.45, 7) is 20.5. The summed E-state index contributed by atoms with van der Waals surface area (Å²) in [5, 5.41) is 7.86. The van der Waals surface area contributed by atoms with Crippen molar-refractivity contribution in [2.45, 2.75) is 92.5 Å². The average Bonchev–Trinajstić information content (AvgIpc) is 3.09. The molecule has 4 amide bonds. The minimum atomic E-state index is -1.02. The van der Waals surface area contributed by atoms with Gasteiger partial charge in [-0.3, -0.25) is 19.2 Å². The number of nitrogens with zero attached hydrogens (tertiary/aromatic N) is 1. The largest absolute Gasteiger partial charge is 0.444 e. The van der Waals surface area contributed by atoms with Crippen molar-refractivity contribution >= 4 is 29.6 Å². The molecular formula is C27H44N4O6. The highest BCUT2D eigenvalue weighted by atomic mass is 16.6. The first-order valence-electron chi connectivity index (χ1n) is 12.9. The molecule has 5 atom stereocenters. The number of amides is 4. The molecule has 2 fully saturated rings. The SMILES string of the molecule is C=CCNC(=O)C(=O)C(CC)NC(=O)[C@@H]1[C@@H]2C(CN1C(=O)[C@@H](NC(=O)OC(C)(C)C)C(C)(C)C)C2(C)C. The highest BCUT2D eigenvalue weighted by molar-refractivity contribution is 6.38. The third-order valence-corrected chi connectivity index (χ3v) is 7.21. The molecule has 0 aromatic heterocycles. The third kappa shape index (κ3) is 6.90. The molecule has 0 spiro atoms. The quantitative estimate of drug-likeness (QED) is 0.315. The van der Waals surface area contributed by atoms with Gasteiger partial charge in [-0.1, -0.05) is 47.6 Å². The summed E-state index contributed by atoms with van der Waals surface area (Å²) >= 11 is 0. The molecule has 37 heavy (non-hydrogen) atoms. The molecule has 1 saturated heterocycles. The van der Waals surface area contributed by atoms with Crippen LogP contribution in [0.2, 0.25) is 0 Å². The van der Waals surface area contributed by atoms with Gasteiger partial charge in [0, 0.05) is 13.1 Å². The molecular weight excluding hydrogens is 476 g/mol. The van der Waals surface area contributed by atoms with Crippen molar-refractivity contribution in [3.8, 4) is 0 Å². The summed E-state index contributed by atoms with van der Waals surface area (Å²) < 4.78 is 5.38. The normalized spacial score (nSPS) is 23.7. The molecule has 2 aliphatic rings. The van der Waals surface area contributed by atoms with Crippen LogP contribution in [0.5, 0.6) is 0 Å². The first-order chi connectivity index (χ1) is 16.9. The van der Waals surface area contributed by atoms with Crippen molar-refractivity contribution in [3.63, 3.8) is 0 Å². The molecule has 0 radical (unpaired) electrons. The van der Waals surface area contributed by atoms with Crippen molar-refractivity contribution in [2.24, 2.45) is 22.7 Å². The number of ether oxygens (including phenoxy) is 1. The van der Waals surface area contributed by atoms with Gasteiger partial charge >= 0.3 is 6.09 Å². The molecule has 1 heterocycles. The van der Waals surface area contributed by atoms with Gasteiger partial charge in [-0.2, -0.15) is 0 Å². The molecule has 1 saturated carbocycles. The zero-order chi connectivity index (χ0) is 28.5. The first kappa shape index (κ1) is 30.3. The van der Waals surface area contributed by atoms with Crippen LogP contribution >= 0.6 is 0 Å². The van der Waals surface area contributed by atoms with E-state index in [0.29, 0.717) is 6.54 Å². The molecule has 1 aliphatic heterocycles. The molecule has 10 heteroatoms. The fraction of sp³-hybridized carbons (Fsp3) is 0.741. The maximum Gasteiger partial charge on any atom is 0.408 e. The van der Waals surface area contributed by atoms with Gasteiger partial charge < -0.3 is 25.6 Å². The van der Waals surface area contributed by atoms with E-state index in [9.17, 15) is 24.0 Å². The summed E-state index contributed by atoms with van der Waals surface area (Å²) in [6, 6.07) is -2.78. The van der Waals surface area contributed by atoms with E-state index in [0.717, 1.165) is 0 Å². The van der Waals surface area contributed by atoms with E-state index in [1.165, 1.54) is 11.0 Å². The number of hydrogen-bond acceptors (Lipinski definition) is 6. The lowest BCUT2D eigenvalue weighted by Gasteiger charge is -2.38. The molecule has 0 aromatic carbocycles. The van der Waals surface area contributed by atoms with E-state index in [1.54, 1.807) is 27.7 Å². The molecule has 0 aromatic rings. The van der Waals surface area contributed by atoms with Crippen LogP contribution in [0, 0.1) is 22.7 Å². The second-order valence-electron chi connectivity index (χ2n) is 12.7. The van der Waals surface area contributed by atoms with Crippen molar-refractivity contribution in [1.82, 2.24) is 20.9 Å². The van der Waals surface area contributed by atoms with Crippen LogP contribution in [0.25, 0.3) is 0 Å². The minimum Gasteiger partial charge on any atom is -0.444 e. The zero-order valence-corrected chi connectivity index (χ0v) is 23.7. The van der Waals surface area contributed by atoms with Crippen LogP contribution in [-0.4, -0.2) is 71.3 Å². The predicted molar refractivity (Wildman–Crippen MR) is 139 cm³/mol. The zero-order valence-electron chi connectivity index (χ0n) is 23.7. The van der Waals surface area contributed by atoms with E-state index in [4.69, 9.17) is 4.74 Å². The van der Waals surface area contributed by atoms with Gasteiger partial charge in [-0.15, -0.1) is 6.58 Å². The first-order valence-corrected chi connectivity index (χ1v) is 12.9. The summed E-state index contributed by atoms with van der Waals surface area (Å²) in [7, 11) is 0. The van der Waals surface area contributed by atoms with Crippen LogP contribution < -0.4 is 16.0 Å². The van der Waals surface area contributed by atoms with E-state index in [2.05, 4.69) is 36.4 Å². The number of hydrogen-bond donors (Lipinski definition) is 3. The highest BCUT2D eigenvalue weighted by Crippen LogP contribution is 2.65. The van der Waals surface area contributed by atoms with Crippen molar-refractivity contribution in [3.05, 3.63) is 12.7 Å². The summed E-state index contributed by atoms with van der Waals surface area (Å²) in [5.74, 6) is -2.40. The molecule has 208 valence electrons. The lowest BCUT2D eigenvalue weighted by molar-refractivity contribution is -0.145. The van der Waals surface area contributed by atoms with Gasteiger partial charge in [0.25, 0.3) is 5.91 Å². The molecule has 3 N–H and O–H groups in total. The Kier molecular flexibility index (Phi) is 8.87. The summed E-state index contributed by atoms with van der Waals surface area (Å²) in [5.41, 5.74) is -1.55. The predicted octanol–water partition coefficient (Wildman–Crippen LogP) is 2.17. The van der Waals surface area contributed by atoms with Gasteiger partial charge in [-0.25, -0.2) is 4.79 Å². The summed E-state index contributed by atoms with van der Waals surface area (Å²) in [4.78, 5) is 66.3. The number of nitrogens with one attached hydrogen (secondary N) is 3. The molecule has 0 bridgehead atoms. The van der Waals surface area contributed by atoms with E-state index in [-0.39, 0.29) is 36.1 Å². The van der Waals surface area contributed by atoms with Gasteiger partial charge in [0.1, 0.15) is 17.7 Å². The van der Waals surface area contributed by atoms with Gasteiger partial charge in [-0.05, 0) is 49.9 Å². The van der Waals surface area contributed by atoms with Gasteiger partial charge in [0.15, 0.2) is 0 Å². The topological polar surface area (TPSA) is 134 Å². The van der Waals surface area contributed by atoms with Crippen LogP contribution in [0.1, 0.15) is 68.7 Å². The van der Waals surface area contributed by atoms with Crippen molar-refractivity contribution < 1.29 is 28.7 Å². The maximum absolute atomic E-state index is 13.8. The Bertz CT molecular complexity index is 946. The van der Waals surface area contributed by atoms with Crippen LogP contribution in [0.3, 0.4) is 0 Å². The number of likely N-dealkylation sites (tertiary alicyclic amines) is 1. The minimum absolute atomic E-state index is 0.0965. The second kappa shape index (κ2) is 10.8. The summed E-state index contributed by atoms with van der Waals surface area (Å²) in [6.07, 6.45) is 0.960. The van der Waals surface area contributed by atoms with Gasteiger partial charge in [0.2, 0.25) is 17.6 Å². The number of piperidine rings is 1. The van der Waals surface area contributed by atoms with Crippen molar-refractivity contribution in [1.29, 1.82) is 0 Å². The number of fused-ring (bicyclic) bond motifs is 1. The standard InChI is InChI=1S/C27H44N4O6/c1-11-13-28-22(34)19(32)16(12-2)29-21(33)18-17-15(27(17,9)10)14-31(18)23(35)20(25(3,4)5)30-24(36)37-26(6,7)8/h11,15-18,20H,1,12-14H2,2-10H3,(H,28,34)(H,29,33)(H,30,36)/t15?,16?,17-,18-,20+/m0/s1. The lowest BCUT2D eigenvalue weighted by Crippen LogP contribution is -2.60.